The number of ether oxygens (including phenoxy) is 1. The summed E-state index contributed by atoms with van der Waals surface area (Å²) in [6.07, 6.45) is 0. The number of hydrogen-bond donors (Lipinski definition) is 0. The first kappa shape index (κ1) is 15.5. The molecule has 238 valence electrons. The van der Waals surface area contributed by atoms with E-state index in [4.69, 9.17) is 14.3 Å². The normalized spacial score (nSPS) is 18.6. The molecule has 0 N–H and O–H groups in total. The van der Waals surface area contributed by atoms with Crippen LogP contribution in [0.3, 0.4) is 0 Å². The van der Waals surface area contributed by atoms with Crippen molar-refractivity contribution in [2.24, 2.45) is 0 Å². The minimum atomic E-state index is -2.77. The van der Waals surface area contributed by atoms with E-state index in [1.165, 1.54) is 0 Å². The van der Waals surface area contributed by atoms with Gasteiger partial charge in [-0.3, -0.25) is 0 Å². The maximum absolute atomic E-state index is 10.3. The second-order valence-corrected chi connectivity index (χ2v) is 12.1. The summed E-state index contributed by atoms with van der Waals surface area (Å²) in [6.45, 7) is 0. The van der Waals surface area contributed by atoms with Gasteiger partial charge in [-0.15, -0.1) is 0 Å². The van der Waals surface area contributed by atoms with Crippen molar-refractivity contribution in [3.63, 3.8) is 0 Å². The maximum Gasteiger partial charge on any atom is 0.132 e. The summed E-state index contributed by atoms with van der Waals surface area (Å²) in [4.78, 5) is 0. The van der Waals surface area contributed by atoms with E-state index in [1.807, 2.05) is 65.2 Å². The molecule has 0 bridgehead atoms. The molecule has 2 heteroatoms. The molecule has 1 aromatic heterocycles. The van der Waals surface area contributed by atoms with Gasteiger partial charge in [0.05, 0.1) is 42.5 Å². The van der Waals surface area contributed by atoms with Crippen LogP contribution in [0.1, 0.15) is 48.3 Å². The zero-order valence-electron chi connectivity index (χ0n) is 45.3. The third-order valence-electron chi connectivity index (χ3n) is 9.62. The van der Waals surface area contributed by atoms with Crippen molar-refractivity contribution in [1.29, 1.82) is 0 Å². The van der Waals surface area contributed by atoms with Crippen LogP contribution in [0.2, 0.25) is 0 Å². The van der Waals surface area contributed by atoms with E-state index < -0.39 is 176 Å². The van der Waals surface area contributed by atoms with Crippen molar-refractivity contribution in [2.75, 3.05) is 0 Å². The summed E-state index contributed by atoms with van der Waals surface area (Å²) in [5.74, 6) is -1.45. The van der Waals surface area contributed by atoms with Gasteiger partial charge in [-0.1, -0.05) is 139 Å². The summed E-state index contributed by atoms with van der Waals surface area (Å²) in [6, 6.07) is 6.62. The highest BCUT2D eigenvalue weighted by molar-refractivity contribution is 6.15. The Hall–Kier alpha value is -6.64. The zero-order chi connectivity index (χ0) is 50.1. The van der Waals surface area contributed by atoms with Gasteiger partial charge in [0.25, 0.3) is 0 Å². The number of rotatable bonds is 3. The van der Waals surface area contributed by atoms with Gasteiger partial charge in [-0.2, -0.15) is 0 Å². The fourth-order valence-corrected chi connectivity index (χ4v) is 7.60. The fraction of sp³-hybridized carbons (Fsp3) is 0.0204. The van der Waals surface area contributed by atoms with Crippen LogP contribution in [-0.4, -0.2) is 4.57 Å². The molecule has 0 saturated carbocycles. The molecule has 2 heterocycles. The Balaban J connectivity index is 1.34. The molecule has 1 aliphatic carbocycles. The maximum atomic E-state index is 10.3. The third-order valence-corrected chi connectivity index (χ3v) is 9.62. The molecular formula is C49H31NO. The molecule has 0 unspecified atom stereocenters. The third kappa shape index (κ3) is 3.87. The molecule has 0 saturated heterocycles. The molecule has 0 amide bonds. The van der Waals surface area contributed by atoms with E-state index >= 15 is 0 Å². The number of fused-ring (bicyclic) bond motifs is 12. The van der Waals surface area contributed by atoms with Gasteiger partial charge < -0.3 is 9.30 Å². The molecule has 11 rings (SSSR count). The molecule has 51 heavy (non-hydrogen) atoms. The number of hydrogen-bond acceptors (Lipinski definition) is 1. The molecule has 2 aliphatic rings. The Morgan fingerprint density at radius 3 is 1.92 bits per heavy atom. The first-order valence-corrected chi connectivity index (χ1v) is 16.1. The SMILES string of the molecule is [2H]c1c([2H])c([2H])c2c(c1[2H])Oc1c([2H])c([2H])c(-c3c([2H])c([2H])c([2H])c(-c4cccc5c4c4ccccc4n5-c4ccccc4)c3[2H])c([2H])c1C21c2c([2H])c([2H])c([2H])c([2H])c2-c2c([2H])c([2H])c([2H])c([2H])c21. The van der Waals surface area contributed by atoms with Crippen molar-refractivity contribution in [3.05, 3.63) is 210 Å². The van der Waals surface area contributed by atoms with Gasteiger partial charge in [0, 0.05) is 27.6 Å². The lowest BCUT2D eigenvalue weighted by atomic mass is 9.66. The molecule has 9 aromatic rings. The molecule has 0 fully saturated rings. The highest BCUT2D eigenvalue weighted by Crippen LogP contribution is 2.62. The average molecular weight is 669 g/mol. The summed E-state index contributed by atoms with van der Waals surface area (Å²) in [5.41, 5.74) is -5.05. The van der Waals surface area contributed by atoms with Gasteiger partial charge in [0.2, 0.25) is 0 Å². The number of aromatic nitrogens is 1. The van der Waals surface area contributed by atoms with Gasteiger partial charge in [-0.25, -0.2) is 0 Å². The topological polar surface area (TPSA) is 14.2 Å². The Kier molecular flexibility index (Phi) is 3.24. The van der Waals surface area contributed by atoms with Gasteiger partial charge in [0.1, 0.15) is 11.5 Å². The largest absolute Gasteiger partial charge is 0.457 e. The van der Waals surface area contributed by atoms with Crippen molar-refractivity contribution in [2.45, 2.75) is 5.41 Å². The highest BCUT2D eigenvalue weighted by atomic mass is 16.5. The zero-order valence-corrected chi connectivity index (χ0v) is 26.3. The minimum Gasteiger partial charge on any atom is -0.457 e. The highest BCUT2D eigenvalue weighted by Gasteiger charge is 2.51. The van der Waals surface area contributed by atoms with Crippen LogP contribution in [0.5, 0.6) is 11.5 Å². The summed E-state index contributed by atoms with van der Waals surface area (Å²) in [5, 5.41) is 1.27. The van der Waals surface area contributed by atoms with Crippen LogP contribution in [-0.2, 0) is 5.41 Å². The number of benzene rings is 8. The molecule has 2 nitrogen and oxygen atoms in total. The van der Waals surface area contributed by atoms with Gasteiger partial charge in [0.15, 0.2) is 0 Å². The molecule has 1 aliphatic heterocycles. The molecule has 8 aromatic carbocycles. The van der Waals surface area contributed by atoms with Crippen LogP contribution in [0.15, 0.2) is 188 Å². The van der Waals surface area contributed by atoms with Crippen LogP contribution in [0, 0.1) is 0 Å². The van der Waals surface area contributed by atoms with E-state index in [9.17, 15) is 16.4 Å². The fourth-order valence-electron chi connectivity index (χ4n) is 7.60. The number of para-hydroxylation sites is 3. The van der Waals surface area contributed by atoms with E-state index in [2.05, 4.69) is 0 Å². The van der Waals surface area contributed by atoms with E-state index in [-0.39, 0.29) is 11.1 Å². The van der Waals surface area contributed by atoms with Crippen LogP contribution in [0.25, 0.3) is 60.9 Å². The van der Waals surface area contributed by atoms with Crippen molar-refractivity contribution >= 4 is 21.8 Å². The lowest BCUT2D eigenvalue weighted by molar-refractivity contribution is 0.436. The second kappa shape index (κ2) is 10.7. The monoisotopic (exact) mass is 668 g/mol. The van der Waals surface area contributed by atoms with Gasteiger partial charge >= 0.3 is 0 Å². The van der Waals surface area contributed by atoms with Gasteiger partial charge in [-0.05, 0) is 92.9 Å². The molecular weight excluding hydrogens is 619 g/mol. The van der Waals surface area contributed by atoms with Crippen molar-refractivity contribution in [3.8, 4) is 50.6 Å². The Morgan fingerprint density at radius 2 is 1.10 bits per heavy atom. The smallest absolute Gasteiger partial charge is 0.132 e. The first-order valence-electron chi connectivity index (χ1n) is 25.6. The van der Waals surface area contributed by atoms with Crippen LogP contribution < -0.4 is 4.74 Å². The van der Waals surface area contributed by atoms with Crippen LogP contribution in [0.4, 0.5) is 0 Å². The average Bonchev–Trinajstić information content (AvgIpc) is 3.86. The van der Waals surface area contributed by atoms with Crippen LogP contribution >= 0.6 is 0 Å². The van der Waals surface area contributed by atoms with E-state index in [0.29, 0.717) is 16.3 Å². The first-order chi connectivity index (χ1) is 33.2. The Bertz CT molecular complexity index is 3850. The Morgan fingerprint density at radius 1 is 0.451 bits per heavy atom. The predicted octanol–water partition coefficient (Wildman–Crippen LogP) is 12.6. The standard InChI is InChI=1S/C49H31NO/c1-2-16-35(17-3-1)50-44-25-10-6-20-39(44)48-36(21-13-26-45(48)50)34-15-12-14-32(30-34)33-28-29-47-43(31-33)49(42-24-9-11-27-46(42)51-47)40-22-7-4-18-37(40)38-19-5-8-23-41(38)49/h1-31H/i4D,5D,7D,8D,9D,11D,12D,14D,15D,18D,19D,22D,23D,24D,27D,28D,29D,30D,31D. The molecule has 1 spiro atoms. The quantitative estimate of drug-likeness (QED) is 0.183. The molecule has 0 radical (unpaired) electrons. The van der Waals surface area contributed by atoms with E-state index in [0.717, 1.165) is 11.2 Å². The molecule has 0 atom stereocenters. The van der Waals surface area contributed by atoms with Crippen molar-refractivity contribution < 1.29 is 30.8 Å². The predicted molar refractivity (Wildman–Crippen MR) is 209 cm³/mol. The lowest BCUT2D eigenvalue weighted by Gasteiger charge is -2.39. The summed E-state index contributed by atoms with van der Waals surface area (Å²) < 4.78 is 184. The second-order valence-electron chi connectivity index (χ2n) is 12.1. The van der Waals surface area contributed by atoms with Crippen molar-refractivity contribution in [1.82, 2.24) is 4.57 Å². The minimum absolute atomic E-state index is 0.175. The summed E-state index contributed by atoms with van der Waals surface area (Å²) >= 11 is 0. The van der Waals surface area contributed by atoms with E-state index in [1.54, 1.807) is 12.1 Å². The Labute approximate surface area is 323 Å². The lowest BCUT2D eigenvalue weighted by Crippen LogP contribution is -2.32. The number of nitrogens with zero attached hydrogens (tertiary/aromatic N) is 1. The summed E-state index contributed by atoms with van der Waals surface area (Å²) in [7, 11) is 0.